The molecule has 8 nitrogen and oxygen atoms in total. The van der Waals surface area contributed by atoms with Gasteiger partial charge in [0.25, 0.3) is 5.69 Å². The van der Waals surface area contributed by atoms with E-state index in [1.807, 2.05) is 48.5 Å². The molecule has 0 amide bonds. The number of nitro benzene ring substituents is 1. The zero-order chi connectivity index (χ0) is 21.2. The Bertz CT molecular complexity index is 1010. The van der Waals surface area contributed by atoms with Crippen molar-refractivity contribution in [3.05, 3.63) is 88.5 Å². The molecule has 0 fully saturated rings. The number of methoxy groups -OCH3 is 1. The average Bonchev–Trinajstić information content (AvgIpc) is 2.77. The number of ether oxygens (including phenoxy) is 3. The summed E-state index contributed by atoms with van der Waals surface area (Å²) in [6.07, 6.45) is 1.64. The van der Waals surface area contributed by atoms with Crippen molar-refractivity contribution in [3.8, 4) is 17.2 Å². The van der Waals surface area contributed by atoms with Gasteiger partial charge in [-0.15, -0.1) is 0 Å². The Hall–Kier alpha value is -4.07. The van der Waals surface area contributed by atoms with Crippen LogP contribution in [-0.4, -0.2) is 31.5 Å². The molecule has 3 rings (SSSR count). The molecule has 1 N–H and O–H groups in total. The van der Waals surface area contributed by atoms with Crippen molar-refractivity contribution in [3.63, 3.8) is 0 Å². The van der Waals surface area contributed by atoms with E-state index in [9.17, 15) is 10.1 Å². The Morgan fingerprint density at radius 3 is 2.23 bits per heavy atom. The van der Waals surface area contributed by atoms with Crippen LogP contribution in [0.3, 0.4) is 0 Å². The van der Waals surface area contributed by atoms with Gasteiger partial charge in [-0.3, -0.25) is 15.5 Å². The van der Waals surface area contributed by atoms with Crippen LogP contribution in [0.25, 0.3) is 0 Å². The number of hydrogen-bond donors (Lipinski definition) is 1. The maximum atomic E-state index is 10.7. The maximum Gasteiger partial charge on any atom is 0.269 e. The van der Waals surface area contributed by atoms with Gasteiger partial charge in [0.05, 0.1) is 23.9 Å². The Kier molecular flexibility index (Phi) is 7.21. The number of rotatable bonds is 10. The highest BCUT2D eigenvalue weighted by atomic mass is 16.6. The molecular weight excluding hydrogens is 386 g/mol. The number of nitrogens with one attached hydrogen (secondary N) is 1. The second-order valence-corrected chi connectivity index (χ2v) is 6.12. The summed E-state index contributed by atoms with van der Waals surface area (Å²) in [5.74, 6) is 2.16. The highest BCUT2D eigenvalue weighted by Gasteiger charge is 2.03. The third-order valence-electron chi connectivity index (χ3n) is 4.01. The molecule has 0 heterocycles. The zero-order valence-corrected chi connectivity index (χ0v) is 16.4. The fourth-order valence-corrected chi connectivity index (χ4v) is 2.53. The van der Waals surface area contributed by atoms with Crippen LogP contribution in [0.2, 0.25) is 0 Å². The first-order valence-electron chi connectivity index (χ1n) is 9.17. The van der Waals surface area contributed by atoms with Crippen LogP contribution in [0, 0.1) is 10.1 Å². The summed E-state index contributed by atoms with van der Waals surface area (Å²) in [7, 11) is 1.61. The Labute approximate surface area is 173 Å². The minimum Gasteiger partial charge on any atom is -0.497 e. The summed E-state index contributed by atoms with van der Waals surface area (Å²) >= 11 is 0. The molecular formula is C22H21N3O5. The van der Waals surface area contributed by atoms with Crippen molar-refractivity contribution >= 4 is 17.6 Å². The van der Waals surface area contributed by atoms with Gasteiger partial charge in [-0.25, -0.2) is 0 Å². The predicted molar refractivity (Wildman–Crippen MR) is 115 cm³/mol. The summed E-state index contributed by atoms with van der Waals surface area (Å²) in [5, 5.41) is 14.8. The number of hydrogen-bond acceptors (Lipinski definition) is 7. The minimum absolute atomic E-state index is 0.0322. The standard InChI is InChI=1S/C22H21N3O5/c1-28-20-5-3-7-22(15-20)30-13-12-29-21-6-2-4-17(14-21)16-23-24-18-8-10-19(11-9-18)25(26)27/h2-11,14-16,24H,12-13H2,1H3/b23-16-. The molecule has 0 saturated carbocycles. The van der Waals surface area contributed by atoms with Crippen molar-refractivity contribution in [1.29, 1.82) is 0 Å². The lowest BCUT2D eigenvalue weighted by atomic mass is 10.2. The van der Waals surface area contributed by atoms with E-state index in [4.69, 9.17) is 14.2 Å². The van der Waals surface area contributed by atoms with Crippen molar-refractivity contribution < 1.29 is 19.1 Å². The quantitative estimate of drug-likeness (QED) is 0.230. The smallest absolute Gasteiger partial charge is 0.269 e. The van der Waals surface area contributed by atoms with Crippen LogP contribution >= 0.6 is 0 Å². The average molecular weight is 407 g/mol. The van der Waals surface area contributed by atoms with Gasteiger partial charge in [-0.2, -0.15) is 5.10 Å². The number of benzene rings is 3. The Morgan fingerprint density at radius 1 is 0.933 bits per heavy atom. The molecule has 0 spiro atoms. The van der Waals surface area contributed by atoms with Gasteiger partial charge in [0.2, 0.25) is 0 Å². The van der Waals surface area contributed by atoms with E-state index in [0.717, 1.165) is 17.1 Å². The molecule has 3 aromatic rings. The zero-order valence-electron chi connectivity index (χ0n) is 16.4. The number of hydrazone groups is 1. The number of nitro groups is 1. The monoisotopic (exact) mass is 407 g/mol. The summed E-state index contributed by atoms with van der Waals surface area (Å²) in [6.45, 7) is 0.784. The van der Waals surface area contributed by atoms with Gasteiger partial charge >= 0.3 is 0 Å². The van der Waals surface area contributed by atoms with Crippen LogP contribution in [0.4, 0.5) is 11.4 Å². The van der Waals surface area contributed by atoms with Gasteiger partial charge in [0.1, 0.15) is 30.5 Å². The lowest BCUT2D eigenvalue weighted by Gasteiger charge is -2.09. The maximum absolute atomic E-state index is 10.7. The fraction of sp³-hybridized carbons (Fsp3) is 0.136. The molecule has 154 valence electrons. The molecule has 0 aromatic heterocycles. The largest absolute Gasteiger partial charge is 0.497 e. The van der Waals surface area contributed by atoms with E-state index >= 15 is 0 Å². The van der Waals surface area contributed by atoms with Crippen molar-refractivity contribution in [2.45, 2.75) is 0 Å². The molecule has 0 aliphatic rings. The Balaban J connectivity index is 1.46. The van der Waals surface area contributed by atoms with Crippen LogP contribution in [0.1, 0.15) is 5.56 Å². The highest BCUT2D eigenvalue weighted by molar-refractivity contribution is 5.80. The summed E-state index contributed by atoms with van der Waals surface area (Å²) in [4.78, 5) is 10.2. The van der Waals surface area contributed by atoms with Gasteiger partial charge in [-0.1, -0.05) is 18.2 Å². The molecule has 3 aromatic carbocycles. The first-order chi connectivity index (χ1) is 14.6. The third kappa shape index (κ3) is 6.23. The topological polar surface area (TPSA) is 95.2 Å². The molecule has 30 heavy (non-hydrogen) atoms. The van der Waals surface area contributed by atoms with Gasteiger partial charge in [-0.05, 0) is 42.0 Å². The Morgan fingerprint density at radius 2 is 1.57 bits per heavy atom. The van der Waals surface area contributed by atoms with E-state index in [2.05, 4.69) is 10.5 Å². The molecule has 0 unspecified atom stereocenters. The van der Waals surface area contributed by atoms with Gasteiger partial charge in [0.15, 0.2) is 0 Å². The van der Waals surface area contributed by atoms with Crippen molar-refractivity contribution in [1.82, 2.24) is 0 Å². The normalized spacial score (nSPS) is 10.6. The van der Waals surface area contributed by atoms with E-state index < -0.39 is 4.92 Å². The van der Waals surface area contributed by atoms with Crippen LogP contribution in [0.5, 0.6) is 17.2 Å². The summed E-state index contributed by atoms with van der Waals surface area (Å²) in [5.41, 5.74) is 4.36. The minimum atomic E-state index is -0.444. The fourth-order valence-electron chi connectivity index (χ4n) is 2.53. The first-order valence-corrected chi connectivity index (χ1v) is 9.17. The van der Waals surface area contributed by atoms with Crippen LogP contribution in [-0.2, 0) is 0 Å². The molecule has 0 aliphatic heterocycles. The summed E-state index contributed by atoms with van der Waals surface area (Å²) < 4.78 is 16.5. The molecule has 0 bridgehead atoms. The van der Waals surface area contributed by atoms with Crippen LogP contribution < -0.4 is 19.6 Å². The molecule has 0 radical (unpaired) electrons. The summed E-state index contributed by atoms with van der Waals surface area (Å²) in [6, 6.07) is 20.9. The lowest BCUT2D eigenvalue weighted by molar-refractivity contribution is -0.384. The van der Waals surface area contributed by atoms with E-state index in [1.54, 1.807) is 25.5 Å². The van der Waals surface area contributed by atoms with Gasteiger partial charge < -0.3 is 14.2 Å². The highest BCUT2D eigenvalue weighted by Crippen LogP contribution is 2.19. The van der Waals surface area contributed by atoms with E-state index in [0.29, 0.717) is 24.7 Å². The lowest BCUT2D eigenvalue weighted by Crippen LogP contribution is -2.09. The van der Waals surface area contributed by atoms with E-state index in [1.165, 1.54) is 12.1 Å². The molecule has 8 heteroatoms. The van der Waals surface area contributed by atoms with Gasteiger partial charge in [0, 0.05) is 18.2 Å². The third-order valence-corrected chi connectivity index (χ3v) is 4.01. The van der Waals surface area contributed by atoms with Crippen molar-refractivity contribution in [2.24, 2.45) is 5.10 Å². The molecule has 0 atom stereocenters. The second kappa shape index (κ2) is 10.5. The van der Waals surface area contributed by atoms with Crippen LogP contribution in [0.15, 0.2) is 77.9 Å². The number of non-ortho nitro benzene ring substituents is 1. The molecule has 0 saturated heterocycles. The van der Waals surface area contributed by atoms with E-state index in [-0.39, 0.29) is 5.69 Å². The number of nitrogens with zero attached hydrogens (tertiary/aromatic N) is 2. The second-order valence-electron chi connectivity index (χ2n) is 6.12. The number of anilines is 1. The first kappa shape index (κ1) is 20.7. The van der Waals surface area contributed by atoms with Crippen molar-refractivity contribution in [2.75, 3.05) is 25.7 Å². The predicted octanol–water partition coefficient (Wildman–Crippen LogP) is 4.51. The SMILES string of the molecule is COc1cccc(OCCOc2cccc(/C=N\Nc3ccc([N+](=O)[O-])cc3)c2)c1. The molecule has 0 aliphatic carbocycles.